The van der Waals surface area contributed by atoms with Gasteiger partial charge in [0.05, 0.1) is 28.3 Å². The van der Waals surface area contributed by atoms with Crippen LogP contribution in [0.1, 0.15) is 43.6 Å². The number of nitrogens with zero attached hydrogens (tertiary/aromatic N) is 1. The molecule has 0 bridgehead atoms. The van der Waals surface area contributed by atoms with E-state index in [2.05, 4.69) is 0 Å². The van der Waals surface area contributed by atoms with Gasteiger partial charge in [-0.2, -0.15) is 0 Å². The highest BCUT2D eigenvalue weighted by Gasteiger charge is 2.37. The number of carbonyl (C=O) groups excluding carboxylic acids is 4. The molecule has 150 valence electrons. The van der Waals surface area contributed by atoms with E-state index in [1.54, 1.807) is 18.2 Å². The summed E-state index contributed by atoms with van der Waals surface area (Å²) in [4.78, 5) is 49.4. The number of ketones is 1. The van der Waals surface area contributed by atoms with Crippen molar-refractivity contribution >= 4 is 46.8 Å². The second kappa shape index (κ2) is 8.23. The zero-order valence-corrected chi connectivity index (χ0v) is 17.0. The maximum absolute atomic E-state index is 12.4. The summed E-state index contributed by atoms with van der Waals surface area (Å²) in [6.07, 6.45) is 0. The second-order valence-electron chi connectivity index (χ2n) is 6.25. The number of imide groups is 1. The normalized spacial score (nSPS) is 12.8. The molecule has 0 aliphatic carbocycles. The number of hydrogen-bond donors (Lipinski definition) is 0. The van der Waals surface area contributed by atoms with E-state index < -0.39 is 24.3 Å². The first-order valence-corrected chi connectivity index (χ1v) is 9.17. The van der Waals surface area contributed by atoms with Crippen LogP contribution in [0.25, 0.3) is 0 Å². The quantitative estimate of drug-likeness (QED) is 0.391. The van der Waals surface area contributed by atoms with Crippen LogP contribution in [-0.4, -0.2) is 42.1 Å². The van der Waals surface area contributed by atoms with Crippen molar-refractivity contribution in [3.63, 3.8) is 0 Å². The smallest absolute Gasteiger partial charge is 0.326 e. The molecule has 0 aromatic heterocycles. The molecule has 0 radical (unpaired) electrons. The predicted molar refractivity (Wildman–Crippen MR) is 105 cm³/mol. The van der Waals surface area contributed by atoms with Gasteiger partial charge in [-0.05, 0) is 37.3 Å². The first kappa shape index (κ1) is 20.8. The van der Waals surface area contributed by atoms with Crippen LogP contribution in [0.2, 0.25) is 10.0 Å². The summed E-state index contributed by atoms with van der Waals surface area (Å²) in [6, 6.07) is 7.34. The Morgan fingerprint density at radius 3 is 2.10 bits per heavy atom. The average Bonchev–Trinajstić information content (AvgIpc) is 2.91. The molecule has 3 rings (SSSR count). The van der Waals surface area contributed by atoms with Crippen LogP contribution in [0.5, 0.6) is 5.75 Å². The van der Waals surface area contributed by atoms with Gasteiger partial charge in [0.15, 0.2) is 5.78 Å². The number of benzene rings is 2. The highest BCUT2D eigenvalue weighted by atomic mass is 35.5. The number of fused-ring (bicyclic) bond motifs is 1. The van der Waals surface area contributed by atoms with Crippen LogP contribution in [0, 0.1) is 0 Å². The molecule has 0 unspecified atom stereocenters. The lowest BCUT2D eigenvalue weighted by molar-refractivity contribution is -0.145. The number of amides is 2. The fraction of sp³-hybridized carbons (Fsp3) is 0.200. The van der Waals surface area contributed by atoms with Crippen molar-refractivity contribution in [2.45, 2.75) is 13.5 Å². The lowest BCUT2D eigenvalue weighted by Gasteiger charge is -2.14. The van der Waals surface area contributed by atoms with Gasteiger partial charge in [-0.3, -0.25) is 24.1 Å². The third kappa shape index (κ3) is 4.11. The third-order valence-corrected chi connectivity index (χ3v) is 5.10. The molecule has 1 aliphatic rings. The molecule has 0 fully saturated rings. The molecule has 29 heavy (non-hydrogen) atoms. The first-order valence-electron chi connectivity index (χ1n) is 8.41. The summed E-state index contributed by atoms with van der Waals surface area (Å²) >= 11 is 11.8. The van der Waals surface area contributed by atoms with Crippen LogP contribution in [0.3, 0.4) is 0 Å². The average molecular weight is 436 g/mol. The van der Waals surface area contributed by atoms with Gasteiger partial charge in [0.1, 0.15) is 18.9 Å². The molecule has 9 heteroatoms. The summed E-state index contributed by atoms with van der Waals surface area (Å²) in [6.45, 7) is 0.651. The topological polar surface area (TPSA) is 90.0 Å². The zero-order chi connectivity index (χ0) is 21.3. The van der Waals surface area contributed by atoms with Crippen molar-refractivity contribution in [2.75, 3.05) is 13.7 Å². The maximum Gasteiger partial charge on any atom is 0.326 e. The third-order valence-electron chi connectivity index (χ3n) is 4.37. The van der Waals surface area contributed by atoms with Gasteiger partial charge in [0.2, 0.25) is 0 Å². The standard InChI is InChI=1S/C20H15Cl2NO6/c1-10(24)11-3-4-17(28-2)12(5-11)9-29-18(25)8-23-19(26)13-6-15(21)16(22)7-14(13)20(23)27/h3-7H,8-9H2,1-2H3. The van der Waals surface area contributed by atoms with Gasteiger partial charge in [-0.1, -0.05) is 23.2 Å². The number of ether oxygens (including phenoxy) is 2. The molecule has 7 nitrogen and oxygen atoms in total. The summed E-state index contributed by atoms with van der Waals surface area (Å²) < 4.78 is 10.4. The Balaban J connectivity index is 1.71. The summed E-state index contributed by atoms with van der Waals surface area (Å²) in [5.74, 6) is -1.82. The van der Waals surface area contributed by atoms with E-state index in [0.29, 0.717) is 16.9 Å². The number of methoxy groups -OCH3 is 1. The Labute approximate surface area is 176 Å². The molecule has 0 saturated heterocycles. The number of rotatable bonds is 6. The molecule has 0 spiro atoms. The van der Waals surface area contributed by atoms with Gasteiger partial charge in [0.25, 0.3) is 11.8 Å². The van der Waals surface area contributed by atoms with Crippen molar-refractivity contribution in [3.05, 3.63) is 62.6 Å². The van der Waals surface area contributed by atoms with Gasteiger partial charge >= 0.3 is 5.97 Å². The molecule has 1 heterocycles. The molecule has 0 N–H and O–H groups in total. The fourth-order valence-corrected chi connectivity index (χ4v) is 3.20. The van der Waals surface area contributed by atoms with Crippen LogP contribution in [-0.2, 0) is 16.1 Å². The SMILES string of the molecule is COc1ccc(C(C)=O)cc1COC(=O)CN1C(=O)c2cc(Cl)c(Cl)cc2C1=O. The van der Waals surface area contributed by atoms with Crippen molar-refractivity contribution in [1.82, 2.24) is 4.90 Å². The van der Waals surface area contributed by atoms with Crippen LogP contribution >= 0.6 is 23.2 Å². The van der Waals surface area contributed by atoms with Crippen molar-refractivity contribution in [1.29, 1.82) is 0 Å². The van der Waals surface area contributed by atoms with E-state index in [9.17, 15) is 19.2 Å². The van der Waals surface area contributed by atoms with E-state index in [1.807, 2.05) is 0 Å². The highest BCUT2D eigenvalue weighted by molar-refractivity contribution is 6.43. The fourth-order valence-electron chi connectivity index (χ4n) is 2.87. The molecular formula is C20H15Cl2NO6. The van der Waals surface area contributed by atoms with E-state index in [1.165, 1.54) is 26.2 Å². The van der Waals surface area contributed by atoms with Gasteiger partial charge in [-0.15, -0.1) is 0 Å². The summed E-state index contributed by atoms with van der Waals surface area (Å²) in [5, 5.41) is 0.266. The number of hydrogen-bond acceptors (Lipinski definition) is 6. The molecule has 2 amide bonds. The van der Waals surface area contributed by atoms with E-state index in [0.717, 1.165) is 4.90 Å². The minimum atomic E-state index is -0.799. The number of halogens is 2. The minimum Gasteiger partial charge on any atom is -0.496 e. The van der Waals surface area contributed by atoms with E-state index >= 15 is 0 Å². The second-order valence-corrected chi connectivity index (χ2v) is 7.07. The molecular weight excluding hydrogens is 421 g/mol. The number of esters is 1. The minimum absolute atomic E-state index is 0.0769. The van der Waals surface area contributed by atoms with E-state index in [-0.39, 0.29) is 33.6 Å². The number of Topliss-reactive ketones (excluding diaryl/α,β-unsaturated/α-hetero) is 1. The monoisotopic (exact) mass is 435 g/mol. The molecule has 2 aromatic rings. The number of carbonyl (C=O) groups is 4. The Hall–Kier alpha value is -2.90. The first-order chi connectivity index (χ1) is 13.7. The lowest BCUT2D eigenvalue weighted by atomic mass is 10.1. The molecule has 0 saturated carbocycles. The van der Waals surface area contributed by atoms with Gasteiger partial charge in [0, 0.05) is 11.1 Å². The van der Waals surface area contributed by atoms with Crippen LogP contribution in [0.15, 0.2) is 30.3 Å². The van der Waals surface area contributed by atoms with Crippen molar-refractivity contribution in [2.24, 2.45) is 0 Å². The van der Waals surface area contributed by atoms with Gasteiger partial charge in [-0.25, -0.2) is 0 Å². The predicted octanol–water partition coefficient (Wildman–Crippen LogP) is 3.54. The summed E-state index contributed by atoms with van der Waals surface area (Å²) in [5.41, 5.74) is 1.07. The van der Waals surface area contributed by atoms with E-state index in [4.69, 9.17) is 32.7 Å². The Bertz CT molecular complexity index is 1010. The Kier molecular flexibility index (Phi) is 5.91. The highest BCUT2D eigenvalue weighted by Crippen LogP contribution is 2.31. The van der Waals surface area contributed by atoms with Gasteiger partial charge < -0.3 is 9.47 Å². The summed E-state index contributed by atoms with van der Waals surface area (Å²) in [7, 11) is 1.45. The molecule has 0 atom stereocenters. The zero-order valence-electron chi connectivity index (χ0n) is 15.5. The maximum atomic E-state index is 12.4. The molecule has 1 aliphatic heterocycles. The molecule has 2 aromatic carbocycles. The van der Waals surface area contributed by atoms with Crippen LogP contribution in [0.4, 0.5) is 0 Å². The van der Waals surface area contributed by atoms with Crippen molar-refractivity contribution in [3.8, 4) is 5.75 Å². The Morgan fingerprint density at radius 1 is 1.00 bits per heavy atom. The largest absolute Gasteiger partial charge is 0.496 e. The van der Waals surface area contributed by atoms with Crippen LogP contribution < -0.4 is 4.74 Å². The Morgan fingerprint density at radius 2 is 1.59 bits per heavy atom. The lowest BCUT2D eigenvalue weighted by Crippen LogP contribution is -2.35. The van der Waals surface area contributed by atoms with Crippen molar-refractivity contribution < 1.29 is 28.7 Å².